The summed E-state index contributed by atoms with van der Waals surface area (Å²) in [5.41, 5.74) is 1.15. The van der Waals surface area contributed by atoms with Gasteiger partial charge >= 0.3 is 0 Å². The lowest BCUT2D eigenvalue weighted by atomic mass is 10.3. The molecule has 0 fully saturated rings. The minimum atomic E-state index is -3.66. The fraction of sp³-hybridized carbons (Fsp3) is 0.231. The van der Waals surface area contributed by atoms with Crippen molar-refractivity contribution in [2.75, 3.05) is 19.4 Å². The van der Waals surface area contributed by atoms with Gasteiger partial charge in [-0.2, -0.15) is 4.31 Å². The second-order valence-corrected chi connectivity index (χ2v) is 6.15. The van der Waals surface area contributed by atoms with E-state index in [0.717, 1.165) is 0 Å². The predicted molar refractivity (Wildman–Crippen MR) is 76.7 cm³/mol. The highest BCUT2D eigenvalue weighted by molar-refractivity contribution is 7.89. The molecule has 0 radical (unpaired) electrons. The van der Waals surface area contributed by atoms with Gasteiger partial charge < -0.3 is 5.32 Å². The van der Waals surface area contributed by atoms with Crippen LogP contribution in [0.15, 0.2) is 47.8 Å². The van der Waals surface area contributed by atoms with Gasteiger partial charge in [0.1, 0.15) is 0 Å². The Morgan fingerprint density at radius 3 is 2.55 bits per heavy atom. The Balaban J connectivity index is 2.30. The smallest absolute Gasteiger partial charge is 0.262 e. The molecule has 2 aromatic heterocycles. The summed E-state index contributed by atoms with van der Waals surface area (Å²) in [6, 6.07) is 8.75. The van der Waals surface area contributed by atoms with E-state index in [4.69, 9.17) is 0 Å². The summed E-state index contributed by atoms with van der Waals surface area (Å²) in [6.07, 6.45) is 3.10. The molecule has 2 heterocycles. The standard InChI is InChI=1S/C13H16N4O2S/c1-14-12-7-5-9-16-13(12)20(18,19)17(2)10-11-6-3-4-8-15-11/h3-9,14H,10H2,1-2H3. The van der Waals surface area contributed by atoms with Crippen LogP contribution in [-0.4, -0.2) is 36.8 Å². The van der Waals surface area contributed by atoms with Crippen LogP contribution in [0.5, 0.6) is 0 Å². The maximum absolute atomic E-state index is 12.5. The van der Waals surface area contributed by atoms with Crippen molar-refractivity contribution in [2.24, 2.45) is 0 Å². The summed E-state index contributed by atoms with van der Waals surface area (Å²) >= 11 is 0. The Kier molecular flexibility index (Phi) is 4.31. The van der Waals surface area contributed by atoms with Gasteiger partial charge in [-0.05, 0) is 24.3 Å². The van der Waals surface area contributed by atoms with Crippen molar-refractivity contribution < 1.29 is 8.42 Å². The van der Waals surface area contributed by atoms with Crippen LogP contribution >= 0.6 is 0 Å². The molecule has 0 aliphatic rings. The minimum absolute atomic E-state index is 0.0148. The van der Waals surface area contributed by atoms with Crippen molar-refractivity contribution in [1.82, 2.24) is 14.3 Å². The van der Waals surface area contributed by atoms with Crippen molar-refractivity contribution in [3.05, 3.63) is 48.4 Å². The number of sulfonamides is 1. The van der Waals surface area contributed by atoms with E-state index in [0.29, 0.717) is 11.4 Å². The van der Waals surface area contributed by atoms with Crippen molar-refractivity contribution in [1.29, 1.82) is 0 Å². The van der Waals surface area contributed by atoms with Crippen LogP contribution in [0.3, 0.4) is 0 Å². The lowest BCUT2D eigenvalue weighted by Crippen LogP contribution is -2.28. The molecule has 2 aromatic rings. The van der Waals surface area contributed by atoms with E-state index < -0.39 is 10.0 Å². The summed E-state index contributed by atoms with van der Waals surface area (Å²) < 4.78 is 26.3. The molecule has 0 aliphatic heterocycles. The Labute approximate surface area is 118 Å². The largest absolute Gasteiger partial charge is 0.386 e. The Morgan fingerprint density at radius 1 is 1.15 bits per heavy atom. The highest BCUT2D eigenvalue weighted by Crippen LogP contribution is 2.21. The molecule has 0 aliphatic carbocycles. The maximum Gasteiger partial charge on any atom is 0.262 e. The quantitative estimate of drug-likeness (QED) is 0.900. The normalized spacial score (nSPS) is 11.6. The number of pyridine rings is 2. The lowest BCUT2D eigenvalue weighted by Gasteiger charge is -2.17. The Bertz CT molecular complexity index is 674. The molecule has 6 nitrogen and oxygen atoms in total. The number of aromatic nitrogens is 2. The highest BCUT2D eigenvalue weighted by Gasteiger charge is 2.25. The average molecular weight is 292 g/mol. The maximum atomic E-state index is 12.5. The molecule has 2 rings (SSSR count). The zero-order chi connectivity index (χ0) is 14.6. The highest BCUT2D eigenvalue weighted by atomic mass is 32.2. The Morgan fingerprint density at radius 2 is 1.90 bits per heavy atom. The molecule has 0 bridgehead atoms. The van der Waals surface area contributed by atoms with Gasteiger partial charge in [0.15, 0.2) is 5.03 Å². The summed E-state index contributed by atoms with van der Waals surface area (Å²) in [5, 5.41) is 2.85. The van der Waals surface area contributed by atoms with Gasteiger partial charge in [-0.15, -0.1) is 0 Å². The van der Waals surface area contributed by atoms with Crippen molar-refractivity contribution in [3.63, 3.8) is 0 Å². The van der Waals surface area contributed by atoms with E-state index >= 15 is 0 Å². The predicted octanol–water partition coefficient (Wildman–Crippen LogP) is 1.34. The first-order chi connectivity index (χ1) is 9.55. The first-order valence-corrected chi connectivity index (χ1v) is 7.48. The zero-order valence-corrected chi connectivity index (χ0v) is 12.1. The topological polar surface area (TPSA) is 75.2 Å². The first kappa shape index (κ1) is 14.4. The van der Waals surface area contributed by atoms with E-state index in [1.165, 1.54) is 17.5 Å². The third-order valence-electron chi connectivity index (χ3n) is 2.81. The van der Waals surface area contributed by atoms with Crippen LogP contribution in [0.25, 0.3) is 0 Å². The van der Waals surface area contributed by atoms with Crippen LogP contribution in [0.4, 0.5) is 5.69 Å². The van der Waals surface area contributed by atoms with Gasteiger partial charge in [0.2, 0.25) is 0 Å². The molecule has 106 valence electrons. The number of nitrogens with zero attached hydrogens (tertiary/aromatic N) is 3. The van der Waals surface area contributed by atoms with Crippen LogP contribution in [0, 0.1) is 0 Å². The van der Waals surface area contributed by atoms with Crippen LogP contribution in [0.2, 0.25) is 0 Å². The molecule has 0 saturated heterocycles. The SMILES string of the molecule is CNc1cccnc1S(=O)(=O)N(C)Cc1ccccn1. The third-order valence-corrected chi connectivity index (χ3v) is 4.57. The van der Waals surface area contributed by atoms with Gasteiger partial charge in [-0.1, -0.05) is 6.07 Å². The summed E-state index contributed by atoms with van der Waals surface area (Å²) in [6.45, 7) is 0.197. The second kappa shape index (κ2) is 5.98. The van der Waals surface area contributed by atoms with Crippen molar-refractivity contribution >= 4 is 15.7 Å². The number of nitrogens with one attached hydrogen (secondary N) is 1. The van der Waals surface area contributed by atoms with Gasteiger partial charge in [0, 0.05) is 26.5 Å². The fourth-order valence-electron chi connectivity index (χ4n) is 1.74. The Hall–Kier alpha value is -1.99. The van der Waals surface area contributed by atoms with Gasteiger partial charge in [-0.3, -0.25) is 4.98 Å². The van der Waals surface area contributed by atoms with Gasteiger partial charge in [-0.25, -0.2) is 13.4 Å². The first-order valence-electron chi connectivity index (χ1n) is 6.04. The number of hydrogen-bond acceptors (Lipinski definition) is 5. The van der Waals surface area contributed by atoms with Crippen molar-refractivity contribution in [3.8, 4) is 0 Å². The van der Waals surface area contributed by atoms with E-state index in [2.05, 4.69) is 15.3 Å². The molecule has 0 spiro atoms. The molecule has 7 heteroatoms. The monoisotopic (exact) mass is 292 g/mol. The van der Waals surface area contributed by atoms with E-state index in [-0.39, 0.29) is 11.6 Å². The fourth-order valence-corrected chi connectivity index (χ4v) is 2.98. The van der Waals surface area contributed by atoms with Crippen LogP contribution in [-0.2, 0) is 16.6 Å². The van der Waals surface area contributed by atoms with Gasteiger partial charge in [0.05, 0.1) is 17.9 Å². The zero-order valence-electron chi connectivity index (χ0n) is 11.3. The molecule has 1 N–H and O–H groups in total. The minimum Gasteiger partial charge on any atom is -0.386 e. The second-order valence-electron chi connectivity index (χ2n) is 4.19. The molecule has 0 saturated carbocycles. The number of rotatable bonds is 5. The summed E-state index contributed by atoms with van der Waals surface area (Å²) in [7, 11) is -0.487. The molecule has 0 unspecified atom stereocenters. The molecule has 20 heavy (non-hydrogen) atoms. The van der Waals surface area contributed by atoms with Crippen LogP contribution < -0.4 is 5.32 Å². The molecular weight excluding hydrogens is 276 g/mol. The third kappa shape index (κ3) is 2.94. The van der Waals surface area contributed by atoms with E-state index in [9.17, 15) is 8.42 Å². The number of hydrogen-bond donors (Lipinski definition) is 1. The number of anilines is 1. The van der Waals surface area contributed by atoms with Gasteiger partial charge in [0.25, 0.3) is 10.0 Å². The van der Waals surface area contributed by atoms with Crippen LogP contribution in [0.1, 0.15) is 5.69 Å². The van der Waals surface area contributed by atoms with E-state index in [1.807, 2.05) is 6.07 Å². The molecule has 0 amide bonds. The average Bonchev–Trinajstić information content (AvgIpc) is 2.48. The molecule has 0 aromatic carbocycles. The van der Waals surface area contributed by atoms with Crippen molar-refractivity contribution in [2.45, 2.75) is 11.6 Å². The summed E-state index contributed by atoms with van der Waals surface area (Å²) in [4.78, 5) is 8.10. The molecular formula is C13H16N4O2S. The lowest BCUT2D eigenvalue weighted by molar-refractivity contribution is 0.460. The molecule has 0 atom stereocenters. The van der Waals surface area contributed by atoms with E-state index in [1.54, 1.807) is 37.5 Å². The summed E-state index contributed by atoms with van der Waals surface area (Å²) in [5.74, 6) is 0.